The summed E-state index contributed by atoms with van der Waals surface area (Å²) < 4.78 is 41.6. The van der Waals surface area contributed by atoms with Gasteiger partial charge in [-0.2, -0.15) is 5.10 Å². The van der Waals surface area contributed by atoms with Crippen molar-refractivity contribution in [3.05, 3.63) is 53.2 Å². The number of hydrogen-bond donors (Lipinski definition) is 3. The number of hydrogen-bond acceptors (Lipinski definition) is 5. The largest absolute Gasteiger partial charge is 0.573 e. The Bertz CT molecular complexity index is 947. The SMILES string of the molecule is Nc1c(-c2cn[nH]c2)cn(-c2ccc(OC(F)(F)F)cc2)c(=O)c1N. The van der Waals surface area contributed by atoms with Gasteiger partial charge in [-0.3, -0.25) is 14.5 Å². The molecule has 0 amide bonds. The highest BCUT2D eigenvalue weighted by molar-refractivity contribution is 5.83. The first kappa shape index (κ1) is 16.4. The lowest BCUT2D eigenvalue weighted by atomic mass is 10.1. The first-order chi connectivity index (χ1) is 11.8. The summed E-state index contributed by atoms with van der Waals surface area (Å²) in [5.41, 5.74) is 12.4. The molecule has 0 fully saturated rings. The molecule has 0 spiro atoms. The lowest BCUT2D eigenvalue weighted by Gasteiger charge is -2.13. The number of ether oxygens (including phenoxy) is 1. The molecule has 1 aromatic carbocycles. The van der Waals surface area contributed by atoms with Crippen LogP contribution in [-0.4, -0.2) is 21.1 Å². The number of rotatable bonds is 3. The van der Waals surface area contributed by atoms with E-state index in [-0.39, 0.29) is 11.4 Å². The molecule has 0 saturated heterocycles. The molecular weight excluding hydrogens is 339 g/mol. The van der Waals surface area contributed by atoms with E-state index in [0.717, 1.165) is 12.1 Å². The third kappa shape index (κ3) is 3.27. The van der Waals surface area contributed by atoms with Crippen LogP contribution < -0.4 is 21.8 Å². The molecule has 3 aromatic rings. The number of nitrogens with two attached hydrogens (primary N) is 2. The first-order valence-electron chi connectivity index (χ1n) is 6.92. The number of nitrogens with zero attached hydrogens (tertiary/aromatic N) is 2. The smallest absolute Gasteiger partial charge is 0.406 e. The van der Waals surface area contributed by atoms with E-state index in [1.807, 2.05) is 0 Å². The fraction of sp³-hybridized carbons (Fsp3) is 0.0667. The van der Waals surface area contributed by atoms with Gasteiger partial charge in [-0.1, -0.05) is 0 Å². The Morgan fingerprint density at radius 2 is 1.80 bits per heavy atom. The number of halogens is 3. The molecule has 0 atom stereocenters. The van der Waals surface area contributed by atoms with Crippen molar-refractivity contribution >= 4 is 11.4 Å². The number of anilines is 2. The highest BCUT2D eigenvalue weighted by Gasteiger charge is 2.31. The second-order valence-corrected chi connectivity index (χ2v) is 5.07. The van der Waals surface area contributed by atoms with Crippen molar-refractivity contribution in [3.63, 3.8) is 0 Å². The summed E-state index contributed by atoms with van der Waals surface area (Å²) in [6, 6.07) is 4.80. The topological polar surface area (TPSA) is 112 Å². The van der Waals surface area contributed by atoms with Crippen molar-refractivity contribution in [2.24, 2.45) is 0 Å². The molecule has 25 heavy (non-hydrogen) atoms. The minimum absolute atomic E-state index is 0.0969. The Morgan fingerprint density at radius 1 is 1.12 bits per heavy atom. The van der Waals surface area contributed by atoms with Crippen molar-refractivity contribution in [1.82, 2.24) is 14.8 Å². The summed E-state index contributed by atoms with van der Waals surface area (Å²) >= 11 is 0. The average molecular weight is 351 g/mol. The first-order valence-corrected chi connectivity index (χ1v) is 6.92. The number of benzene rings is 1. The molecule has 0 saturated carbocycles. The molecule has 5 N–H and O–H groups in total. The van der Waals surface area contributed by atoms with Crippen LogP contribution in [0.4, 0.5) is 24.5 Å². The van der Waals surface area contributed by atoms with Gasteiger partial charge < -0.3 is 16.2 Å². The zero-order valence-corrected chi connectivity index (χ0v) is 12.5. The van der Waals surface area contributed by atoms with Crippen molar-refractivity contribution < 1.29 is 17.9 Å². The molecule has 0 bridgehead atoms. The van der Waals surface area contributed by atoms with Gasteiger partial charge in [0.25, 0.3) is 5.56 Å². The lowest BCUT2D eigenvalue weighted by Crippen LogP contribution is -2.23. The summed E-state index contributed by atoms with van der Waals surface area (Å²) in [6.07, 6.45) is -0.280. The number of H-pyrrole nitrogens is 1. The van der Waals surface area contributed by atoms with Crippen molar-refractivity contribution in [2.45, 2.75) is 6.36 Å². The number of alkyl halides is 3. The second-order valence-electron chi connectivity index (χ2n) is 5.07. The van der Waals surface area contributed by atoms with E-state index < -0.39 is 17.7 Å². The molecule has 0 radical (unpaired) electrons. The van der Waals surface area contributed by atoms with Crippen LogP contribution in [-0.2, 0) is 0 Å². The van der Waals surface area contributed by atoms with Crippen LogP contribution >= 0.6 is 0 Å². The Balaban J connectivity index is 2.07. The van der Waals surface area contributed by atoms with E-state index in [9.17, 15) is 18.0 Å². The van der Waals surface area contributed by atoms with Gasteiger partial charge in [-0.15, -0.1) is 13.2 Å². The minimum Gasteiger partial charge on any atom is -0.406 e. The average Bonchev–Trinajstić information content (AvgIpc) is 3.07. The van der Waals surface area contributed by atoms with Crippen LogP contribution in [0, 0.1) is 0 Å². The van der Waals surface area contributed by atoms with E-state index in [4.69, 9.17) is 11.5 Å². The van der Waals surface area contributed by atoms with Gasteiger partial charge >= 0.3 is 6.36 Å². The number of nitrogen functional groups attached to an aromatic ring is 2. The maximum atomic E-state index is 12.3. The van der Waals surface area contributed by atoms with Gasteiger partial charge in [-0.25, -0.2) is 0 Å². The van der Waals surface area contributed by atoms with Gasteiger partial charge in [0.05, 0.1) is 11.9 Å². The summed E-state index contributed by atoms with van der Waals surface area (Å²) in [6.45, 7) is 0. The molecule has 0 aliphatic carbocycles. The van der Waals surface area contributed by atoms with Crippen LogP contribution in [0.5, 0.6) is 5.75 Å². The van der Waals surface area contributed by atoms with Crippen LogP contribution in [0.1, 0.15) is 0 Å². The van der Waals surface area contributed by atoms with E-state index >= 15 is 0 Å². The fourth-order valence-electron chi connectivity index (χ4n) is 2.28. The Labute approximate surface area is 138 Å². The van der Waals surface area contributed by atoms with Crippen molar-refractivity contribution in [3.8, 4) is 22.6 Å². The molecule has 2 heterocycles. The summed E-state index contributed by atoms with van der Waals surface area (Å²) in [4.78, 5) is 12.3. The van der Waals surface area contributed by atoms with E-state index in [1.54, 1.807) is 6.20 Å². The molecule has 7 nitrogen and oxygen atoms in total. The third-order valence-electron chi connectivity index (χ3n) is 3.45. The van der Waals surface area contributed by atoms with Crippen molar-refractivity contribution in [1.29, 1.82) is 0 Å². The quantitative estimate of drug-likeness (QED) is 0.670. The van der Waals surface area contributed by atoms with Crippen LogP contribution in [0.3, 0.4) is 0 Å². The Hall–Kier alpha value is -3.43. The number of aromatic nitrogens is 3. The fourth-order valence-corrected chi connectivity index (χ4v) is 2.28. The molecule has 10 heteroatoms. The maximum Gasteiger partial charge on any atom is 0.573 e. The molecule has 130 valence electrons. The van der Waals surface area contributed by atoms with Gasteiger partial charge in [0.1, 0.15) is 11.4 Å². The molecule has 0 aliphatic heterocycles. The highest BCUT2D eigenvalue weighted by atomic mass is 19.4. The van der Waals surface area contributed by atoms with Gasteiger partial charge in [0.15, 0.2) is 0 Å². The zero-order chi connectivity index (χ0) is 18.2. The number of nitrogens with one attached hydrogen (secondary N) is 1. The lowest BCUT2D eigenvalue weighted by molar-refractivity contribution is -0.274. The van der Waals surface area contributed by atoms with Crippen LogP contribution in [0.15, 0.2) is 47.7 Å². The van der Waals surface area contributed by atoms with Gasteiger partial charge in [0, 0.05) is 29.2 Å². The van der Waals surface area contributed by atoms with E-state index in [1.165, 1.54) is 29.1 Å². The van der Waals surface area contributed by atoms with Crippen LogP contribution in [0.25, 0.3) is 16.8 Å². The Morgan fingerprint density at radius 3 is 2.36 bits per heavy atom. The van der Waals surface area contributed by atoms with Gasteiger partial charge in [0.2, 0.25) is 0 Å². The highest BCUT2D eigenvalue weighted by Crippen LogP contribution is 2.29. The molecule has 2 aromatic heterocycles. The predicted octanol–water partition coefficient (Wildman–Crippen LogP) is 2.29. The molecule has 0 aliphatic rings. The standard InChI is InChI=1S/C15H12F3N5O2/c16-15(17,18)25-10-3-1-9(2-4-10)23-7-11(8-5-21-22-6-8)12(19)13(20)14(23)24/h1-7H,19-20H2,(H,21,22). The monoisotopic (exact) mass is 351 g/mol. The van der Waals surface area contributed by atoms with E-state index in [0.29, 0.717) is 16.8 Å². The zero-order valence-electron chi connectivity index (χ0n) is 12.5. The summed E-state index contributed by atoms with van der Waals surface area (Å²) in [7, 11) is 0. The number of aromatic amines is 1. The third-order valence-corrected chi connectivity index (χ3v) is 3.45. The molecule has 3 rings (SSSR count). The summed E-state index contributed by atoms with van der Waals surface area (Å²) in [5, 5.41) is 6.43. The van der Waals surface area contributed by atoms with Crippen LogP contribution in [0.2, 0.25) is 0 Å². The normalized spacial score (nSPS) is 11.5. The molecular formula is C15H12F3N5O2. The Kier molecular flexibility index (Phi) is 3.87. The summed E-state index contributed by atoms with van der Waals surface area (Å²) in [5.74, 6) is -0.400. The second kappa shape index (κ2) is 5.89. The van der Waals surface area contributed by atoms with Crippen molar-refractivity contribution in [2.75, 3.05) is 11.5 Å². The minimum atomic E-state index is -4.79. The van der Waals surface area contributed by atoms with E-state index in [2.05, 4.69) is 14.9 Å². The predicted molar refractivity (Wildman–Crippen MR) is 85.1 cm³/mol. The number of pyridine rings is 1. The van der Waals surface area contributed by atoms with Gasteiger partial charge in [-0.05, 0) is 24.3 Å². The maximum absolute atomic E-state index is 12.3. The molecule has 0 unspecified atom stereocenters.